The quantitative estimate of drug-likeness (QED) is 0.688. The molecule has 2 heterocycles. The van der Waals surface area contributed by atoms with E-state index in [9.17, 15) is 4.39 Å². The highest BCUT2D eigenvalue weighted by molar-refractivity contribution is 6.31. The van der Waals surface area contributed by atoms with Gasteiger partial charge >= 0.3 is 0 Å². The van der Waals surface area contributed by atoms with Gasteiger partial charge in [-0.25, -0.2) is 14.4 Å². The summed E-state index contributed by atoms with van der Waals surface area (Å²) in [5.74, 6) is 1.37. The zero-order valence-corrected chi connectivity index (χ0v) is 16.3. The second kappa shape index (κ2) is 7.77. The zero-order chi connectivity index (χ0) is 19.7. The molecule has 0 saturated carbocycles. The minimum atomic E-state index is -0.471. The molecule has 0 bridgehead atoms. The van der Waals surface area contributed by atoms with Crippen molar-refractivity contribution in [2.75, 3.05) is 32.6 Å². The lowest BCUT2D eigenvalue weighted by Gasteiger charge is -2.17. The fraction of sp³-hybridized carbons (Fsp3) is 0.300. The fourth-order valence-electron chi connectivity index (χ4n) is 3.30. The van der Waals surface area contributed by atoms with Crippen molar-refractivity contribution in [3.63, 3.8) is 0 Å². The summed E-state index contributed by atoms with van der Waals surface area (Å²) in [5, 5.41) is 3.98. The second-order valence-electron chi connectivity index (χ2n) is 6.79. The first-order chi connectivity index (χ1) is 13.5. The molecule has 1 unspecified atom stereocenters. The van der Waals surface area contributed by atoms with Crippen LogP contribution in [0.4, 0.5) is 15.9 Å². The number of benzene rings is 2. The Hall–Kier alpha value is -2.64. The predicted octanol–water partition coefficient (Wildman–Crippen LogP) is 4.26. The van der Waals surface area contributed by atoms with Crippen LogP contribution in [-0.2, 0) is 0 Å². The van der Waals surface area contributed by atoms with Crippen LogP contribution in [-0.4, -0.2) is 48.2 Å². The van der Waals surface area contributed by atoms with Gasteiger partial charge in [0, 0.05) is 30.2 Å². The Kier molecular flexibility index (Phi) is 5.19. The van der Waals surface area contributed by atoms with Crippen LogP contribution in [0, 0.1) is 5.82 Å². The molecule has 0 amide bonds. The summed E-state index contributed by atoms with van der Waals surface area (Å²) in [6.07, 6.45) is 2.53. The highest BCUT2D eigenvalue weighted by Gasteiger charge is 2.23. The first-order valence-electron chi connectivity index (χ1n) is 8.93. The monoisotopic (exact) mass is 402 g/mol. The Morgan fingerprint density at radius 3 is 2.79 bits per heavy atom. The molecule has 4 rings (SSSR count). The molecular weight excluding hydrogens is 383 g/mol. The minimum Gasteiger partial charge on any atom is -0.493 e. The van der Waals surface area contributed by atoms with E-state index in [4.69, 9.17) is 21.1 Å². The first-order valence-corrected chi connectivity index (χ1v) is 9.31. The van der Waals surface area contributed by atoms with E-state index >= 15 is 0 Å². The third-order valence-corrected chi connectivity index (χ3v) is 5.03. The van der Waals surface area contributed by atoms with Gasteiger partial charge in [-0.3, -0.25) is 0 Å². The van der Waals surface area contributed by atoms with Gasteiger partial charge < -0.3 is 19.7 Å². The third kappa shape index (κ3) is 3.81. The van der Waals surface area contributed by atoms with Gasteiger partial charge in [0.25, 0.3) is 0 Å². The number of ether oxygens (including phenoxy) is 2. The van der Waals surface area contributed by atoms with Crippen LogP contribution < -0.4 is 14.8 Å². The molecular formula is C20H20ClFN4O2. The summed E-state index contributed by atoms with van der Waals surface area (Å²) in [7, 11) is 3.68. The Morgan fingerprint density at radius 2 is 2.07 bits per heavy atom. The van der Waals surface area contributed by atoms with Gasteiger partial charge in [-0.05, 0) is 37.7 Å². The summed E-state index contributed by atoms with van der Waals surface area (Å²) in [6.45, 7) is 1.87. The maximum absolute atomic E-state index is 13.4. The number of nitrogens with one attached hydrogen (secondary N) is 1. The van der Waals surface area contributed by atoms with Crippen molar-refractivity contribution in [1.82, 2.24) is 14.9 Å². The van der Waals surface area contributed by atoms with Crippen LogP contribution in [0.15, 0.2) is 36.7 Å². The number of fused-ring (bicyclic) bond motifs is 1. The average Bonchev–Trinajstić information content (AvgIpc) is 3.09. The van der Waals surface area contributed by atoms with E-state index in [0.717, 1.165) is 24.9 Å². The zero-order valence-electron chi connectivity index (χ0n) is 15.6. The van der Waals surface area contributed by atoms with Gasteiger partial charge in [0.15, 0.2) is 11.5 Å². The van der Waals surface area contributed by atoms with Crippen LogP contribution in [0.2, 0.25) is 5.02 Å². The van der Waals surface area contributed by atoms with Crippen molar-refractivity contribution in [3.05, 3.63) is 47.5 Å². The molecule has 3 aromatic rings. The number of halogens is 2. The molecule has 1 fully saturated rings. The summed E-state index contributed by atoms with van der Waals surface area (Å²) in [5.41, 5.74) is 1.33. The number of methoxy groups -OCH3 is 1. The van der Waals surface area contributed by atoms with Gasteiger partial charge in [-0.1, -0.05) is 11.6 Å². The molecule has 2 aromatic carbocycles. The van der Waals surface area contributed by atoms with E-state index in [-0.39, 0.29) is 11.1 Å². The number of aromatic nitrogens is 2. The number of hydrogen-bond acceptors (Lipinski definition) is 6. The normalized spacial score (nSPS) is 17.1. The molecule has 1 aliphatic heterocycles. The van der Waals surface area contributed by atoms with Gasteiger partial charge in [-0.2, -0.15) is 0 Å². The van der Waals surface area contributed by atoms with Gasteiger partial charge in [-0.15, -0.1) is 0 Å². The van der Waals surface area contributed by atoms with Crippen molar-refractivity contribution in [2.45, 2.75) is 12.5 Å². The molecule has 1 saturated heterocycles. The summed E-state index contributed by atoms with van der Waals surface area (Å²) < 4.78 is 25.1. The topological polar surface area (TPSA) is 59.5 Å². The van der Waals surface area contributed by atoms with E-state index in [0.29, 0.717) is 28.5 Å². The van der Waals surface area contributed by atoms with Crippen molar-refractivity contribution >= 4 is 34.0 Å². The maximum atomic E-state index is 13.4. The molecule has 8 heteroatoms. The van der Waals surface area contributed by atoms with Crippen LogP contribution in [0.25, 0.3) is 10.9 Å². The lowest BCUT2D eigenvalue weighted by atomic mass is 10.2. The molecule has 146 valence electrons. The largest absolute Gasteiger partial charge is 0.493 e. The van der Waals surface area contributed by atoms with Crippen LogP contribution in [0.1, 0.15) is 6.42 Å². The number of likely N-dealkylation sites (N-methyl/N-ethyl adjacent to an activating group) is 1. The Bertz CT molecular complexity index is 1020. The van der Waals surface area contributed by atoms with Crippen molar-refractivity contribution < 1.29 is 13.9 Å². The van der Waals surface area contributed by atoms with Crippen molar-refractivity contribution in [3.8, 4) is 11.5 Å². The van der Waals surface area contributed by atoms with Gasteiger partial charge in [0.1, 0.15) is 24.1 Å². The fourth-order valence-corrected chi connectivity index (χ4v) is 3.48. The number of nitrogens with zero attached hydrogens (tertiary/aromatic N) is 3. The predicted molar refractivity (Wildman–Crippen MR) is 107 cm³/mol. The van der Waals surface area contributed by atoms with E-state index in [1.165, 1.54) is 18.5 Å². The molecule has 1 aliphatic rings. The highest BCUT2D eigenvalue weighted by atomic mass is 35.5. The number of anilines is 2. The summed E-state index contributed by atoms with van der Waals surface area (Å²) in [6, 6.07) is 8.13. The van der Waals surface area contributed by atoms with Gasteiger partial charge in [0.05, 0.1) is 17.6 Å². The number of rotatable bonds is 5. The molecule has 6 nitrogen and oxygen atoms in total. The van der Waals surface area contributed by atoms with Crippen LogP contribution in [0.5, 0.6) is 11.5 Å². The number of likely N-dealkylation sites (tertiary alicyclic amines) is 1. The van der Waals surface area contributed by atoms with Crippen molar-refractivity contribution in [2.24, 2.45) is 0 Å². The highest BCUT2D eigenvalue weighted by Crippen LogP contribution is 2.36. The molecule has 0 radical (unpaired) electrons. The van der Waals surface area contributed by atoms with Crippen LogP contribution >= 0.6 is 11.6 Å². The van der Waals surface area contributed by atoms with E-state index in [2.05, 4.69) is 27.2 Å². The SMILES string of the molecule is COc1cc2ncnc(Nc3ccc(F)c(Cl)c3)c2cc1OC1CCN(C)C1. The molecule has 0 spiro atoms. The lowest BCUT2D eigenvalue weighted by Crippen LogP contribution is -2.21. The summed E-state index contributed by atoms with van der Waals surface area (Å²) in [4.78, 5) is 10.9. The van der Waals surface area contributed by atoms with Gasteiger partial charge in [0.2, 0.25) is 0 Å². The number of hydrogen-bond donors (Lipinski definition) is 1. The molecule has 1 N–H and O–H groups in total. The summed E-state index contributed by atoms with van der Waals surface area (Å²) >= 11 is 5.88. The average molecular weight is 403 g/mol. The second-order valence-corrected chi connectivity index (χ2v) is 7.19. The minimum absolute atomic E-state index is 0.0411. The molecule has 28 heavy (non-hydrogen) atoms. The molecule has 0 aliphatic carbocycles. The van der Waals surface area contributed by atoms with Crippen molar-refractivity contribution in [1.29, 1.82) is 0 Å². The van der Waals surface area contributed by atoms with Crippen LogP contribution in [0.3, 0.4) is 0 Å². The Morgan fingerprint density at radius 1 is 1.21 bits per heavy atom. The molecule has 1 atom stereocenters. The first kappa shape index (κ1) is 18.7. The Labute approximate surface area is 167 Å². The van der Waals surface area contributed by atoms with E-state index in [1.54, 1.807) is 13.2 Å². The Balaban J connectivity index is 1.70. The van der Waals surface area contributed by atoms with E-state index in [1.807, 2.05) is 12.1 Å². The van der Waals surface area contributed by atoms with E-state index < -0.39 is 5.82 Å². The third-order valence-electron chi connectivity index (χ3n) is 4.74. The standard InChI is InChI=1S/C20H20ClFN4O2/c1-26-6-5-13(10-26)28-19-8-14-17(9-18(19)27-2)23-11-24-20(14)25-12-3-4-16(22)15(21)7-12/h3-4,7-9,11,13H,5-6,10H2,1-2H3,(H,23,24,25). The lowest BCUT2D eigenvalue weighted by molar-refractivity contribution is 0.200. The molecule has 1 aromatic heterocycles. The smallest absolute Gasteiger partial charge is 0.162 e. The maximum Gasteiger partial charge on any atom is 0.162 e.